The van der Waals surface area contributed by atoms with Gasteiger partial charge in [-0.15, -0.1) is 0 Å². The van der Waals surface area contributed by atoms with E-state index in [1.165, 1.54) is 25.9 Å². The number of methoxy groups -OCH3 is 2. The lowest BCUT2D eigenvalue weighted by molar-refractivity contribution is 0.0597. The van der Waals surface area contributed by atoms with E-state index in [0.29, 0.717) is 11.3 Å². The van der Waals surface area contributed by atoms with E-state index >= 15 is 0 Å². The third kappa shape index (κ3) is 3.57. The van der Waals surface area contributed by atoms with Gasteiger partial charge in [0.05, 0.1) is 14.2 Å². The maximum Gasteiger partial charge on any atom is 0.342 e. The maximum absolute atomic E-state index is 11.9. The molecule has 1 aliphatic carbocycles. The van der Waals surface area contributed by atoms with Crippen LogP contribution in [0.2, 0.25) is 0 Å². The van der Waals surface area contributed by atoms with Gasteiger partial charge in [-0.25, -0.2) is 4.79 Å². The van der Waals surface area contributed by atoms with Gasteiger partial charge >= 0.3 is 5.97 Å². The highest BCUT2D eigenvalue weighted by Gasteiger charge is 2.19. The van der Waals surface area contributed by atoms with Gasteiger partial charge in [-0.2, -0.15) is 0 Å². The Kier molecular flexibility index (Phi) is 4.89. The third-order valence-electron chi connectivity index (χ3n) is 4.02. The average Bonchev–Trinajstić information content (AvgIpc) is 2.48. The van der Waals surface area contributed by atoms with E-state index < -0.39 is 5.97 Å². The molecule has 1 aromatic carbocycles. The largest absolute Gasteiger partial charge is 0.507 e. The molecule has 114 valence electrons. The van der Waals surface area contributed by atoms with Crippen molar-refractivity contribution in [2.75, 3.05) is 14.2 Å². The predicted molar refractivity (Wildman–Crippen MR) is 81.6 cm³/mol. The van der Waals surface area contributed by atoms with E-state index in [2.05, 4.69) is 6.92 Å². The normalized spacial score (nSPS) is 18.2. The van der Waals surface area contributed by atoms with Crippen LogP contribution in [-0.4, -0.2) is 25.3 Å². The molecule has 4 heteroatoms. The molecule has 4 nitrogen and oxygen atoms in total. The second-order valence-corrected chi connectivity index (χ2v) is 5.59. The molecule has 1 aliphatic rings. The molecule has 0 atom stereocenters. The summed E-state index contributed by atoms with van der Waals surface area (Å²) in [5, 5.41) is 10.1. The zero-order chi connectivity index (χ0) is 15.4. The number of carbonyl (C=O) groups excluding carboxylic acids is 1. The van der Waals surface area contributed by atoms with Crippen molar-refractivity contribution in [3.8, 4) is 11.5 Å². The Balaban J connectivity index is 2.42. The lowest BCUT2D eigenvalue weighted by atomic mass is 9.86. The lowest BCUT2D eigenvalue weighted by Crippen LogP contribution is -2.07. The number of aromatic hydroxyl groups is 1. The van der Waals surface area contributed by atoms with Gasteiger partial charge < -0.3 is 14.6 Å². The van der Waals surface area contributed by atoms with Gasteiger partial charge in [-0.1, -0.05) is 18.6 Å². The molecule has 1 fully saturated rings. The van der Waals surface area contributed by atoms with Crippen molar-refractivity contribution in [1.29, 1.82) is 0 Å². The van der Waals surface area contributed by atoms with Gasteiger partial charge in [0.25, 0.3) is 0 Å². The number of allylic oxidation sites excluding steroid dienone is 1. The Morgan fingerprint density at radius 1 is 1.29 bits per heavy atom. The van der Waals surface area contributed by atoms with Crippen molar-refractivity contribution in [2.45, 2.75) is 32.6 Å². The zero-order valence-electron chi connectivity index (χ0n) is 12.8. The van der Waals surface area contributed by atoms with Crippen molar-refractivity contribution in [2.24, 2.45) is 5.92 Å². The summed E-state index contributed by atoms with van der Waals surface area (Å²) in [6.07, 6.45) is 6.37. The first-order valence-corrected chi connectivity index (χ1v) is 7.24. The molecule has 1 aromatic rings. The topological polar surface area (TPSA) is 55.8 Å². The highest BCUT2D eigenvalue weighted by molar-refractivity contribution is 5.97. The first-order valence-electron chi connectivity index (χ1n) is 7.24. The molecule has 0 unspecified atom stereocenters. The van der Waals surface area contributed by atoms with Crippen molar-refractivity contribution in [3.05, 3.63) is 28.8 Å². The molecule has 0 aliphatic heterocycles. The molecular formula is C17H22O4. The van der Waals surface area contributed by atoms with E-state index in [0.717, 1.165) is 31.6 Å². The van der Waals surface area contributed by atoms with E-state index in [4.69, 9.17) is 9.47 Å². The molecule has 2 rings (SSSR count). The molecule has 0 aromatic heterocycles. The molecule has 1 saturated carbocycles. The smallest absolute Gasteiger partial charge is 0.342 e. The number of ether oxygens (including phenoxy) is 2. The average molecular weight is 290 g/mol. The molecule has 0 amide bonds. The van der Waals surface area contributed by atoms with E-state index in [1.54, 1.807) is 6.07 Å². The van der Waals surface area contributed by atoms with Gasteiger partial charge in [-0.05, 0) is 43.2 Å². The van der Waals surface area contributed by atoms with Crippen LogP contribution >= 0.6 is 0 Å². The summed E-state index contributed by atoms with van der Waals surface area (Å²) in [6.45, 7) is 2.26. The Bertz CT molecular complexity index is 550. The van der Waals surface area contributed by atoms with E-state index in [-0.39, 0.29) is 11.3 Å². The number of hydrogen-bond acceptors (Lipinski definition) is 4. The second kappa shape index (κ2) is 6.66. The Morgan fingerprint density at radius 2 is 1.95 bits per heavy atom. The fourth-order valence-electron chi connectivity index (χ4n) is 2.68. The summed E-state index contributed by atoms with van der Waals surface area (Å²) < 4.78 is 9.94. The third-order valence-corrected chi connectivity index (χ3v) is 4.02. The van der Waals surface area contributed by atoms with Crippen LogP contribution in [0.25, 0.3) is 6.08 Å². The second-order valence-electron chi connectivity index (χ2n) is 5.59. The number of carbonyl (C=O) groups is 1. The number of hydrogen-bond donors (Lipinski definition) is 1. The van der Waals surface area contributed by atoms with Crippen molar-refractivity contribution in [3.63, 3.8) is 0 Å². The van der Waals surface area contributed by atoms with Crippen LogP contribution in [0.5, 0.6) is 11.5 Å². The van der Waals surface area contributed by atoms with E-state index in [1.807, 2.05) is 6.08 Å². The van der Waals surface area contributed by atoms with Crippen LogP contribution in [-0.2, 0) is 4.74 Å². The molecule has 0 spiro atoms. The molecule has 0 saturated heterocycles. The lowest BCUT2D eigenvalue weighted by Gasteiger charge is -2.20. The quantitative estimate of drug-likeness (QED) is 0.861. The summed E-state index contributed by atoms with van der Waals surface area (Å²) in [7, 11) is 2.84. The van der Waals surface area contributed by atoms with Gasteiger partial charge in [0.2, 0.25) is 0 Å². The SMILES string of the molecule is COC(=O)c1c(O)cc(OC)cc1C=C1CCC(C)CC1. The minimum atomic E-state index is -0.536. The highest BCUT2D eigenvalue weighted by Crippen LogP contribution is 2.33. The number of phenolic OH excluding ortho intramolecular Hbond substituents is 1. The summed E-state index contributed by atoms with van der Waals surface area (Å²) >= 11 is 0. The van der Waals surface area contributed by atoms with Crippen LogP contribution < -0.4 is 4.74 Å². The fourth-order valence-corrected chi connectivity index (χ4v) is 2.68. The van der Waals surface area contributed by atoms with Crippen molar-refractivity contribution in [1.82, 2.24) is 0 Å². The van der Waals surface area contributed by atoms with Crippen LogP contribution in [0.3, 0.4) is 0 Å². The van der Waals surface area contributed by atoms with Gasteiger partial charge in [0.15, 0.2) is 0 Å². The summed E-state index contributed by atoms with van der Waals surface area (Å²) in [6, 6.07) is 3.19. The molecule has 0 bridgehead atoms. The Hall–Kier alpha value is -1.97. The summed E-state index contributed by atoms with van der Waals surface area (Å²) in [4.78, 5) is 11.9. The van der Waals surface area contributed by atoms with Gasteiger partial charge in [-0.3, -0.25) is 0 Å². The molecule has 0 radical (unpaired) electrons. The van der Waals surface area contributed by atoms with Crippen LogP contribution in [0.4, 0.5) is 0 Å². The number of rotatable bonds is 3. The van der Waals surface area contributed by atoms with Gasteiger partial charge in [0.1, 0.15) is 17.1 Å². The van der Waals surface area contributed by atoms with Crippen molar-refractivity contribution >= 4 is 12.0 Å². The standard InChI is InChI=1S/C17H22O4/c1-11-4-6-12(7-5-11)8-13-9-14(20-2)10-15(18)16(13)17(19)21-3/h8-11,18H,4-7H2,1-3H3. The van der Waals surface area contributed by atoms with Gasteiger partial charge in [0, 0.05) is 6.07 Å². The molecule has 0 heterocycles. The van der Waals surface area contributed by atoms with Crippen LogP contribution in [0, 0.1) is 5.92 Å². The van der Waals surface area contributed by atoms with Crippen LogP contribution in [0.15, 0.2) is 17.7 Å². The minimum Gasteiger partial charge on any atom is -0.507 e. The summed E-state index contributed by atoms with van der Waals surface area (Å²) in [5.41, 5.74) is 2.15. The number of benzene rings is 1. The molecular weight excluding hydrogens is 268 g/mol. The van der Waals surface area contributed by atoms with E-state index in [9.17, 15) is 9.90 Å². The van der Waals surface area contributed by atoms with Crippen molar-refractivity contribution < 1.29 is 19.4 Å². The number of esters is 1. The Labute approximate surface area is 125 Å². The predicted octanol–water partition coefficient (Wildman–Crippen LogP) is 3.78. The monoisotopic (exact) mass is 290 g/mol. The maximum atomic E-state index is 11.9. The fraction of sp³-hybridized carbons (Fsp3) is 0.471. The Morgan fingerprint density at radius 3 is 2.52 bits per heavy atom. The first kappa shape index (κ1) is 15.4. The molecule has 21 heavy (non-hydrogen) atoms. The zero-order valence-corrected chi connectivity index (χ0v) is 12.8. The summed E-state index contributed by atoms with van der Waals surface area (Å²) in [5.74, 6) is 0.625. The highest BCUT2D eigenvalue weighted by atomic mass is 16.5. The minimum absolute atomic E-state index is 0.114. The molecule has 1 N–H and O–H groups in total. The number of phenols is 1. The van der Waals surface area contributed by atoms with Crippen LogP contribution in [0.1, 0.15) is 48.5 Å². The first-order chi connectivity index (χ1) is 10.0.